The Balaban J connectivity index is 1.46. The Labute approximate surface area is 211 Å². The van der Waals surface area contributed by atoms with Gasteiger partial charge in [0.25, 0.3) is 0 Å². The van der Waals surface area contributed by atoms with E-state index in [1.165, 1.54) is 35.5 Å². The fourth-order valence-electron chi connectivity index (χ4n) is 3.88. The van der Waals surface area contributed by atoms with Crippen molar-refractivity contribution in [3.8, 4) is 16.3 Å². The van der Waals surface area contributed by atoms with Crippen LogP contribution in [0.1, 0.15) is 30.8 Å². The Morgan fingerprint density at radius 3 is 2.75 bits per heavy atom. The van der Waals surface area contributed by atoms with Gasteiger partial charge in [0.1, 0.15) is 16.6 Å². The summed E-state index contributed by atoms with van der Waals surface area (Å²) in [5.74, 6) is -1.34. The highest BCUT2D eigenvalue weighted by atomic mass is 32.1. The first-order valence-corrected chi connectivity index (χ1v) is 12.3. The molecule has 0 saturated carbocycles. The molecule has 0 unspecified atom stereocenters. The highest BCUT2D eigenvalue weighted by Crippen LogP contribution is 2.37. The van der Waals surface area contributed by atoms with Crippen LogP contribution in [0.25, 0.3) is 10.6 Å². The van der Waals surface area contributed by atoms with Crippen molar-refractivity contribution >= 4 is 34.8 Å². The van der Waals surface area contributed by atoms with Crippen molar-refractivity contribution in [2.24, 2.45) is 0 Å². The lowest BCUT2D eigenvalue weighted by molar-refractivity contribution is -0.216. The summed E-state index contributed by atoms with van der Waals surface area (Å²) >= 11 is 1.33. The second kappa shape index (κ2) is 10.6. The van der Waals surface area contributed by atoms with E-state index in [-0.39, 0.29) is 24.8 Å². The Morgan fingerprint density at radius 2 is 2.03 bits per heavy atom. The van der Waals surface area contributed by atoms with Gasteiger partial charge in [-0.2, -0.15) is 13.2 Å². The lowest BCUT2D eigenvalue weighted by Crippen LogP contribution is -2.37. The largest absolute Gasteiger partial charge is 0.502 e. The molecule has 2 heterocycles. The Bertz CT molecular complexity index is 1280. The van der Waals surface area contributed by atoms with Gasteiger partial charge in [0.2, 0.25) is 5.91 Å². The number of carbonyl (C=O) groups excluding carboxylic acids is 2. The van der Waals surface area contributed by atoms with Crippen molar-refractivity contribution in [3.05, 3.63) is 53.3 Å². The van der Waals surface area contributed by atoms with Gasteiger partial charge >= 0.3 is 12.1 Å². The molecule has 0 atom stereocenters. The van der Waals surface area contributed by atoms with Crippen LogP contribution in [0.15, 0.2) is 36.4 Å². The monoisotopic (exact) mass is 516 g/mol. The van der Waals surface area contributed by atoms with E-state index in [1.807, 2.05) is 32.0 Å². The summed E-state index contributed by atoms with van der Waals surface area (Å²) in [6.45, 7) is 5.49. The molecule has 1 aliphatic rings. The van der Waals surface area contributed by atoms with Gasteiger partial charge in [0.15, 0.2) is 0 Å². The number of alkyl halides is 2. The van der Waals surface area contributed by atoms with Crippen molar-refractivity contribution in [1.82, 2.24) is 9.36 Å². The molecule has 4 rings (SSSR count). The summed E-state index contributed by atoms with van der Waals surface area (Å²) in [7, 11) is 0. The lowest BCUT2D eigenvalue weighted by atomic mass is 10.1. The van der Waals surface area contributed by atoms with Crippen LogP contribution in [0.2, 0.25) is 0 Å². The van der Waals surface area contributed by atoms with Gasteiger partial charge in [-0.1, -0.05) is 25.1 Å². The highest BCUT2D eigenvalue weighted by Gasteiger charge is 2.45. The summed E-state index contributed by atoms with van der Waals surface area (Å²) < 4.78 is 41.7. The van der Waals surface area contributed by atoms with Crippen LogP contribution in [-0.4, -0.2) is 47.0 Å². The lowest BCUT2D eigenvalue weighted by Gasteiger charge is -2.20. The molecular formula is C25H26F2N4O4S. The molecule has 190 valence electrons. The molecule has 0 radical (unpaired) electrons. The fourth-order valence-corrected chi connectivity index (χ4v) is 4.62. The number of halogens is 2. The van der Waals surface area contributed by atoms with E-state index >= 15 is 0 Å². The number of aryl methyl sites for hydroxylation is 2. The molecule has 1 N–H and O–H groups in total. The number of hydrogen-bond donors (Lipinski definition) is 1. The van der Waals surface area contributed by atoms with Crippen LogP contribution in [-0.2, 0) is 27.2 Å². The van der Waals surface area contributed by atoms with E-state index in [4.69, 9.17) is 4.74 Å². The van der Waals surface area contributed by atoms with Gasteiger partial charge in [-0.3, -0.25) is 4.79 Å². The summed E-state index contributed by atoms with van der Waals surface area (Å²) in [4.78, 5) is 30.6. The van der Waals surface area contributed by atoms with E-state index in [9.17, 15) is 18.4 Å². The van der Waals surface area contributed by atoms with E-state index in [0.29, 0.717) is 24.2 Å². The first-order valence-electron chi connectivity index (χ1n) is 11.6. The van der Waals surface area contributed by atoms with Crippen molar-refractivity contribution in [2.45, 2.75) is 39.7 Å². The van der Waals surface area contributed by atoms with Gasteiger partial charge in [-0.25, -0.2) is 9.78 Å². The number of benzene rings is 2. The number of fused-ring (bicyclic) bond motifs is 1. The van der Waals surface area contributed by atoms with Gasteiger partial charge in [-0.15, -0.1) is 0 Å². The summed E-state index contributed by atoms with van der Waals surface area (Å²) in [6.07, 6.45) is -3.05. The molecule has 0 fully saturated rings. The third kappa shape index (κ3) is 5.30. The normalized spacial score (nSPS) is 12.9. The second-order valence-corrected chi connectivity index (χ2v) is 8.89. The molecule has 3 aromatic rings. The zero-order valence-electron chi connectivity index (χ0n) is 20.1. The number of nitrogens with one attached hydrogen (secondary N) is 1. The number of ether oxygens (including phenoxy) is 2. The smallest absolute Gasteiger partial charge is 0.459 e. The second-order valence-electron chi connectivity index (χ2n) is 8.14. The number of amides is 1. The molecular weight excluding hydrogens is 490 g/mol. The summed E-state index contributed by atoms with van der Waals surface area (Å²) in [6, 6.07) is 10.4. The van der Waals surface area contributed by atoms with Crippen molar-refractivity contribution in [3.63, 3.8) is 0 Å². The first-order chi connectivity index (χ1) is 17.2. The maximum atomic E-state index is 14.1. The number of anilines is 2. The Kier molecular flexibility index (Phi) is 7.48. The molecule has 2 aromatic carbocycles. The SMILES string of the molecule is CCOC(=O)C(F)(F)Oc1cccc2c1CCN2C(=O)CNc1cc(-c2nc(CC)ns2)ccc1C. The highest BCUT2D eigenvalue weighted by molar-refractivity contribution is 7.09. The minimum Gasteiger partial charge on any atom is -0.459 e. The van der Waals surface area contributed by atoms with Gasteiger partial charge < -0.3 is 19.7 Å². The number of rotatable bonds is 9. The third-order valence-electron chi connectivity index (χ3n) is 5.74. The predicted molar refractivity (Wildman–Crippen MR) is 133 cm³/mol. The Morgan fingerprint density at radius 1 is 1.22 bits per heavy atom. The summed E-state index contributed by atoms with van der Waals surface area (Å²) in [5.41, 5.74) is 3.58. The van der Waals surface area contributed by atoms with Crippen LogP contribution in [0.5, 0.6) is 5.75 Å². The molecule has 1 amide bonds. The molecule has 8 nitrogen and oxygen atoms in total. The molecule has 1 aliphatic heterocycles. The van der Waals surface area contributed by atoms with E-state index in [2.05, 4.69) is 19.4 Å². The number of carbonyl (C=O) groups is 2. The quantitative estimate of drug-likeness (QED) is 0.415. The fraction of sp³-hybridized carbons (Fsp3) is 0.360. The van der Waals surface area contributed by atoms with Crippen molar-refractivity contribution < 1.29 is 27.8 Å². The van der Waals surface area contributed by atoms with Crippen molar-refractivity contribution in [2.75, 3.05) is 29.9 Å². The van der Waals surface area contributed by atoms with Crippen LogP contribution in [0.4, 0.5) is 20.2 Å². The minimum absolute atomic E-state index is 0.00410. The van der Waals surface area contributed by atoms with Gasteiger partial charge in [-0.05, 0) is 55.6 Å². The maximum absolute atomic E-state index is 14.1. The molecule has 1 aromatic heterocycles. The standard InChI is InChI=1S/C25H26F2N4O4S/c1-4-21-29-23(36-30-21)16-10-9-15(3)18(13-16)28-14-22(32)31-12-11-17-19(31)7-6-8-20(17)35-25(26,27)24(33)34-5-2/h6-10,13,28H,4-5,11-12,14H2,1-3H3. The number of aromatic nitrogens is 2. The number of nitrogens with zero attached hydrogens (tertiary/aromatic N) is 3. The molecule has 0 aliphatic carbocycles. The average molecular weight is 517 g/mol. The number of esters is 1. The third-order valence-corrected chi connectivity index (χ3v) is 6.54. The minimum atomic E-state index is -4.13. The summed E-state index contributed by atoms with van der Waals surface area (Å²) in [5, 5.41) is 3.99. The first kappa shape index (κ1) is 25.5. The topological polar surface area (TPSA) is 93.7 Å². The molecule has 0 spiro atoms. The molecule has 11 heteroatoms. The zero-order valence-corrected chi connectivity index (χ0v) is 21.0. The van der Waals surface area contributed by atoms with Crippen LogP contribution < -0.4 is 15.0 Å². The van der Waals surface area contributed by atoms with Gasteiger partial charge in [0.05, 0.1) is 18.8 Å². The Hall–Kier alpha value is -3.60. The van der Waals surface area contributed by atoms with Crippen LogP contribution >= 0.6 is 11.5 Å². The molecule has 0 bridgehead atoms. The van der Waals surface area contributed by atoms with Crippen molar-refractivity contribution in [1.29, 1.82) is 0 Å². The van der Waals surface area contributed by atoms with Gasteiger partial charge in [0, 0.05) is 29.8 Å². The van der Waals surface area contributed by atoms with Crippen LogP contribution in [0, 0.1) is 6.92 Å². The average Bonchev–Trinajstić information content (AvgIpc) is 3.51. The molecule has 0 saturated heterocycles. The molecule has 36 heavy (non-hydrogen) atoms. The van der Waals surface area contributed by atoms with Crippen LogP contribution in [0.3, 0.4) is 0 Å². The van der Waals surface area contributed by atoms with E-state index < -0.39 is 12.1 Å². The predicted octanol–water partition coefficient (Wildman–Crippen LogP) is 4.61. The zero-order chi connectivity index (χ0) is 25.9. The van der Waals surface area contributed by atoms with E-state index in [0.717, 1.165) is 34.1 Å². The van der Waals surface area contributed by atoms with E-state index in [1.54, 1.807) is 6.07 Å². The number of hydrogen-bond acceptors (Lipinski definition) is 8. The maximum Gasteiger partial charge on any atom is 0.502 e.